The number of hydrogen-bond acceptors (Lipinski definition) is 8. The van der Waals surface area contributed by atoms with Crippen molar-refractivity contribution < 1.29 is 23.5 Å². The SMILES string of the molecule is CN1CC(C)(C)Oc2nc(N3CC4CCC(C3)O4)nc(-c3ccc(NC(=O)Nc4ccncc4F)cc3)c2C1=O. The lowest BCUT2D eigenvalue weighted by atomic mass is 10.1. The summed E-state index contributed by atoms with van der Waals surface area (Å²) in [6.45, 7) is 5.57. The second-order valence-corrected chi connectivity index (χ2v) is 10.9. The monoisotopic (exact) mass is 547 g/mol. The van der Waals surface area contributed by atoms with Gasteiger partial charge in [-0.1, -0.05) is 12.1 Å². The van der Waals surface area contributed by atoms with Gasteiger partial charge in [0.1, 0.15) is 11.2 Å². The van der Waals surface area contributed by atoms with E-state index in [1.807, 2.05) is 13.8 Å². The first-order valence-electron chi connectivity index (χ1n) is 13.2. The molecule has 2 bridgehead atoms. The van der Waals surface area contributed by atoms with Gasteiger partial charge >= 0.3 is 6.03 Å². The van der Waals surface area contributed by atoms with E-state index in [1.165, 1.54) is 12.3 Å². The van der Waals surface area contributed by atoms with Gasteiger partial charge in [0.2, 0.25) is 11.8 Å². The average molecular weight is 548 g/mol. The van der Waals surface area contributed by atoms with Crippen LogP contribution in [-0.4, -0.2) is 76.3 Å². The van der Waals surface area contributed by atoms with Gasteiger partial charge in [0.05, 0.1) is 36.3 Å². The summed E-state index contributed by atoms with van der Waals surface area (Å²) in [5.41, 5.74) is 1.23. The van der Waals surface area contributed by atoms with Crippen LogP contribution in [0.25, 0.3) is 11.3 Å². The number of urea groups is 1. The largest absolute Gasteiger partial charge is 0.469 e. The number of nitrogens with zero attached hydrogens (tertiary/aromatic N) is 5. The van der Waals surface area contributed by atoms with E-state index in [0.29, 0.717) is 48.1 Å². The lowest BCUT2D eigenvalue weighted by molar-refractivity contribution is 0.0297. The highest BCUT2D eigenvalue weighted by Gasteiger charge is 2.39. The Hall–Kier alpha value is -4.32. The van der Waals surface area contributed by atoms with Gasteiger partial charge in [0.25, 0.3) is 5.91 Å². The number of morpholine rings is 1. The lowest BCUT2D eigenvalue weighted by Gasteiger charge is -2.33. The quantitative estimate of drug-likeness (QED) is 0.504. The van der Waals surface area contributed by atoms with E-state index in [0.717, 1.165) is 19.0 Å². The zero-order valence-corrected chi connectivity index (χ0v) is 22.5. The highest BCUT2D eigenvalue weighted by Crippen LogP contribution is 2.37. The molecular weight excluding hydrogens is 517 g/mol. The molecule has 2 fully saturated rings. The lowest BCUT2D eigenvalue weighted by Crippen LogP contribution is -2.43. The van der Waals surface area contributed by atoms with Crippen LogP contribution in [0.15, 0.2) is 42.7 Å². The first kappa shape index (κ1) is 25.9. The predicted molar refractivity (Wildman–Crippen MR) is 146 cm³/mol. The van der Waals surface area contributed by atoms with Crippen molar-refractivity contribution in [1.82, 2.24) is 19.9 Å². The van der Waals surface area contributed by atoms with Gasteiger partial charge in [0, 0.05) is 37.6 Å². The summed E-state index contributed by atoms with van der Waals surface area (Å²) in [4.78, 5) is 43.0. The third-order valence-electron chi connectivity index (χ3n) is 7.18. The molecule has 2 aromatic heterocycles. The van der Waals surface area contributed by atoms with Crippen molar-refractivity contribution in [2.45, 2.75) is 44.5 Å². The molecule has 2 unspecified atom stereocenters. The fraction of sp³-hybridized carbons (Fsp3) is 0.393. The molecule has 3 aliphatic rings. The van der Waals surface area contributed by atoms with E-state index in [-0.39, 0.29) is 29.7 Å². The second-order valence-electron chi connectivity index (χ2n) is 10.9. The molecule has 6 rings (SSSR count). The van der Waals surface area contributed by atoms with Crippen molar-refractivity contribution >= 4 is 29.3 Å². The number of benzene rings is 1. The van der Waals surface area contributed by atoms with E-state index in [1.54, 1.807) is 36.2 Å². The Morgan fingerprint density at radius 2 is 1.80 bits per heavy atom. The minimum absolute atomic E-state index is 0.0161. The van der Waals surface area contributed by atoms with Crippen molar-refractivity contribution in [1.29, 1.82) is 0 Å². The normalized spacial score (nSPS) is 21.4. The molecule has 5 heterocycles. The number of carbonyl (C=O) groups excluding carboxylic acids is 2. The Morgan fingerprint density at radius 3 is 2.50 bits per heavy atom. The summed E-state index contributed by atoms with van der Waals surface area (Å²) in [7, 11) is 1.73. The van der Waals surface area contributed by atoms with Crippen LogP contribution >= 0.6 is 0 Å². The molecule has 208 valence electrons. The summed E-state index contributed by atoms with van der Waals surface area (Å²) >= 11 is 0. The van der Waals surface area contributed by atoms with Gasteiger partial charge in [-0.2, -0.15) is 4.98 Å². The van der Waals surface area contributed by atoms with Crippen LogP contribution in [0, 0.1) is 5.82 Å². The molecule has 2 N–H and O–H groups in total. The molecule has 2 atom stereocenters. The van der Waals surface area contributed by atoms with Crippen molar-refractivity contribution in [2.24, 2.45) is 0 Å². The van der Waals surface area contributed by atoms with Gasteiger partial charge in [-0.15, -0.1) is 0 Å². The van der Waals surface area contributed by atoms with E-state index in [9.17, 15) is 14.0 Å². The van der Waals surface area contributed by atoms with Gasteiger partial charge in [-0.25, -0.2) is 14.2 Å². The Balaban J connectivity index is 1.33. The molecule has 40 heavy (non-hydrogen) atoms. The third kappa shape index (κ3) is 5.14. The molecule has 0 aliphatic carbocycles. The molecule has 3 amide bonds. The van der Waals surface area contributed by atoms with Crippen molar-refractivity contribution in [3.05, 3.63) is 54.1 Å². The summed E-state index contributed by atoms with van der Waals surface area (Å²) in [5.74, 6) is -0.131. The summed E-state index contributed by atoms with van der Waals surface area (Å²) < 4.78 is 26.2. The first-order valence-corrected chi connectivity index (χ1v) is 13.2. The van der Waals surface area contributed by atoms with Gasteiger partial charge in [-0.3, -0.25) is 9.78 Å². The van der Waals surface area contributed by atoms with E-state index < -0.39 is 17.4 Å². The maximum absolute atomic E-state index is 13.8. The van der Waals surface area contributed by atoms with E-state index in [4.69, 9.17) is 19.4 Å². The highest BCUT2D eigenvalue weighted by atomic mass is 19.1. The van der Waals surface area contributed by atoms with Gasteiger partial charge < -0.3 is 29.9 Å². The number of halogens is 1. The van der Waals surface area contributed by atoms with Gasteiger partial charge in [0.15, 0.2) is 5.82 Å². The number of rotatable bonds is 4. The van der Waals surface area contributed by atoms with Crippen molar-refractivity contribution in [3.63, 3.8) is 0 Å². The van der Waals surface area contributed by atoms with Crippen LogP contribution in [0.5, 0.6) is 5.88 Å². The van der Waals surface area contributed by atoms with Crippen molar-refractivity contribution in [2.75, 3.05) is 42.2 Å². The summed E-state index contributed by atoms with van der Waals surface area (Å²) in [5, 5.41) is 5.14. The maximum atomic E-state index is 13.8. The topological polar surface area (TPSA) is 122 Å². The predicted octanol–water partition coefficient (Wildman–Crippen LogP) is 3.93. The number of pyridine rings is 1. The number of amides is 3. The van der Waals surface area contributed by atoms with E-state index >= 15 is 0 Å². The third-order valence-corrected chi connectivity index (χ3v) is 7.18. The minimum Gasteiger partial charge on any atom is -0.469 e. The maximum Gasteiger partial charge on any atom is 0.323 e. The van der Waals surface area contributed by atoms with E-state index in [2.05, 4.69) is 20.5 Å². The molecule has 0 saturated carbocycles. The van der Waals surface area contributed by atoms with Crippen molar-refractivity contribution in [3.8, 4) is 17.1 Å². The van der Waals surface area contributed by atoms with Crippen LogP contribution in [0.2, 0.25) is 0 Å². The number of carbonyl (C=O) groups is 2. The molecule has 0 radical (unpaired) electrons. The average Bonchev–Trinajstić information content (AvgIpc) is 3.21. The number of ether oxygens (including phenoxy) is 2. The number of anilines is 3. The zero-order valence-electron chi connectivity index (χ0n) is 22.5. The number of nitrogens with one attached hydrogen (secondary N) is 2. The van der Waals surface area contributed by atoms with Crippen LogP contribution in [0.3, 0.4) is 0 Å². The number of fused-ring (bicyclic) bond motifs is 3. The standard InChI is InChI=1S/C28H30FN7O4/c1-28(2)15-35(3)25(37)22-23(33-26(34-24(22)40-28)36-13-18-8-9-19(14-36)39-18)16-4-6-17(7-5-16)31-27(38)32-21-10-11-30-12-20(21)29/h4-7,10-12,18-19H,8-9,13-15H2,1-3H3,(H2,30,31,32,38). The molecule has 11 nitrogen and oxygen atoms in total. The Morgan fingerprint density at radius 1 is 1.07 bits per heavy atom. The Labute approximate surface area is 230 Å². The molecule has 3 aromatic rings. The Bertz CT molecular complexity index is 1450. The summed E-state index contributed by atoms with van der Waals surface area (Å²) in [6, 6.07) is 7.68. The summed E-state index contributed by atoms with van der Waals surface area (Å²) in [6.07, 6.45) is 4.67. The fourth-order valence-electron chi connectivity index (χ4n) is 5.42. The number of aromatic nitrogens is 3. The van der Waals surface area contributed by atoms with Gasteiger partial charge in [-0.05, 0) is 44.9 Å². The highest BCUT2D eigenvalue weighted by molar-refractivity contribution is 6.03. The molecule has 3 aliphatic heterocycles. The number of hydrogen-bond donors (Lipinski definition) is 2. The molecule has 0 spiro atoms. The number of likely N-dealkylation sites (N-methyl/N-ethyl adjacent to an activating group) is 1. The van der Waals surface area contributed by atoms with Crippen LogP contribution in [0.4, 0.5) is 26.5 Å². The fourth-order valence-corrected chi connectivity index (χ4v) is 5.42. The second kappa shape index (κ2) is 10.0. The minimum atomic E-state index is -0.655. The molecule has 2 saturated heterocycles. The van der Waals surface area contributed by atoms with Crippen LogP contribution in [0.1, 0.15) is 37.0 Å². The molecule has 12 heteroatoms. The van der Waals surface area contributed by atoms with Crippen LogP contribution < -0.4 is 20.3 Å². The Kier molecular flexibility index (Phi) is 6.49. The first-order chi connectivity index (χ1) is 19.1. The zero-order chi connectivity index (χ0) is 28.0. The smallest absolute Gasteiger partial charge is 0.323 e. The van der Waals surface area contributed by atoms with Crippen LogP contribution in [-0.2, 0) is 4.74 Å². The molecular formula is C28H30FN7O4. The molecule has 1 aromatic carbocycles.